The maximum absolute atomic E-state index is 12.9. The second-order valence-corrected chi connectivity index (χ2v) is 13.0. The minimum Gasteiger partial charge on any atom is -0.483 e. The molecule has 4 heterocycles. The van der Waals surface area contributed by atoms with E-state index in [9.17, 15) is 25.2 Å². The van der Waals surface area contributed by atoms with E-state index in [0.29, 0.717) is 36.3 Å². The largest absolute Gasteiger partial charge is 0.483 e. The van der Waals surface area contributed by atoms with E-state index in [1.165, 1.54) is 0 Å². The average Bonchev–Trinajstić information content (AvgIpc) is 2.80. The molecule has 3 aliphatic carbocycles. The molecular weight excluding hydrogens is 452 g/mol. The molecule has 35 heavy (non-hydrogen) atoms. The second kappa shape index (κ2) is 6.90. The normalized spacial score (nSPS) is 49.3. The molecule has 8 heteroatoms. The van der Waals surface area contributed by atoms with Crippen molar-refractivity contribution < 1.29 is 34.3 Å². The van der Waals surface area contributed by atoms with E-state index in [0.717, 1.165) is 19.3 Å². The van der Waals surface area contributed by atoms with Crippen molar-refractivity contribution >= 4 is 0 Å². The van der Waals surface area contributed by atoms with Crippen molar-refractivity contribution in [2.75, 3.05) is 6.61 Å². The van der Waals surface area contributed by atoms with Crippen LogP contribution in [-0.4, -0.2) is 50.6 Å². The monoisotopic (exact) mass is 490 g/mol. The van der Waals surface area contributed by atoms with Crippen LogP contribution in [0.1, 0.15) is 70.3 Å². The van der Waals surface area contributed by atoms with Crippen LogP contribution in [0.3, 0.4) is 0 Å². The topological polar surface area (TPSA) is 130 Å². The fourth-order valence-electron chi connectivity index (χ4n) is 9.61. The van der Waals surface area contributed by atoms with Gasteiger partial charge in [-0.25, -0.2) is 4.79 Å². The molecule has 6 aliphatic rings. The summed E-state index contributed by atoms with van der Waals surface area (Å²) in [6.07, 6.45) is 1.01. The summed E-state index contributed by atoms with van der Waals surface area (Å²) in [7, 11) is 0. The molecule has 194 valence electrons. The van der Waals surface area contributed by atoms with Crippen LogP contribution in [0.4, 0.5) is 0 Å². The Morgan fingerprint density at radius 2 is 1.77 bits per heavy atom. The minimum absolute atomic E-state index is 0.142. The molecule has 1 spiro atoms. The Kier molecular flexibility index (Phi) is 4.71. The SMILES string of the molecule is Cc1c(CO)oc(=O)c2c1O[C@@]1(C)[C@H](O)[C@H](O)[C@H]3[C@@](C)(CC[C@H]4C(C)(C)[C@@]5(O)CC[C@@]43CO5)[C@@H]1C2. The summed E-state index contributed by atoms with van der Waals surface area (Å²) < 4.78 is 18.0. The lowest BCUT2D eigenvalue weighted by atomic mass is 9.35. The van der Waals surface area contributed by atoms with Gasteiger partial charge in [0.15, 0.2) is 5.79 Å². The highest BCUT2D eigenvalue weighted by Crippen LogP contribution is 2.74. The van der Waals surface area contributed by atoms with Crippen LogP contribution in [0, 0.1) is 40.9 Å². The first-order valence-corrected chi connectivity index (χ1v) is 12.9. The molecule has 7 rings (SSSR count). The Balaban J connectivity index is 1.51. The Bertz CT molecular complexity index is 1130. The number of hydrogen-bond acceptors (Lipinski definition) is 8. The van der Waals surface area contributed by atoms with Crippen molar-refractivity contribution in [1.29, 1.82) is 0 Å². The van der Waals surface area contributed by atoms with Crippen molar-refractivity contribution in [3.63, 3.8) is 0 Å². The number of fused-ring (bicyclic) bond motifs is 6. The minimum atomic E-state index is -1.18. The zero-order valence-electron chi connectivity index (χ0n) is 21.3. The van der Waals surface area contributed by atoms with E-state index in [2.05, 4.69) is 20.8 Å². The number of aliphatic hydroxyl groups excluding tert-OH is 3. The molecule has 4 N–H and O–H groups in total. The fraction of sp³-hybridized carbons (Fsp3) is 0.815. The first kappa shape index (κ1) is 23.9. The van der Waals surface area contributed by atoms with E-state index in [1.807, 2.05) is 6.92 Å². The summed E-state index contributed by atoms with van der Waals surface area (Å²) >= 11 is 0. The highest BCUT2D eigenvalue weighted by molar-refractivity contribution is 5.44. The summed E-state index contributed by atoms with van der Waals surface area (Å²) in [5.74, 6) is -1.04. The molecule has 3 saturated carbocycles. The predicted octanol–water partition coefficient (Wildman–Crippen LogP) is 2.04. The Labute approximate surface area is 205 Å². The smallest absolute Gasteiger partial charge is 0.342 e. The third kappa shape index (κ3) is 2.58. The van der Waals surface area contributed by atoms with Gasteiger partial charge in [-0.3, -0.25) is 0 Å². The van der Waals surface area contributed by atoms with Crippen LogP contribution in [0.25, 0.3) is 0 Å². The van der Waals surface area contributed by atoms with Gasteiger partial charge in [0.1, 0.15) is 29.8 Å². The van der Waals surface area contributed by atoms with Gasteiger partial charge in [0.05, 0.1) is 18.3 Å². The zero-order valence-corrected chi connectivity index (χ0v) is 21.3. The van der Waals surface area contributed by atoms with Crippen LogP contribution in [0.15, 0.2) is 9.21 Å². The van der Waals surface area contributed by atoms with Gasteiger partial charge in [0, 0.05) is 34.7 Å². The Morgan fingerprint density at radius 3 is 2.40 bits per heavy atom. The summed E-state index contributed by atoms with van der Waals surface area (Å²) in [6, 6.07) is 0. The van der Waals surface area contributed by atoms with Gasteiger partial charge in [-0.2, -0.15) is 0 Å². The molecule has 0 aromatic carbocycles. The van der Waals surface area contributed by atoms with Crippen LogP contribution >= 0.6 is 0 Å². The van der Waals surface area contributed by atoms with Gasteiger partial charge < -0.3 is 34.3 Å². The summed E-state index contributed by atoms with van der Waals surface area (Å²) in [5, 5.41) is 44.4. The van der Waals surface area contributed by atoms with Crippen LogP contribution < -0.4 is 10.4 Å². The molecule has 0 unspecified atom stereocenters. The van der Waals surface area contributed by atoms with Gasteiger partial charge in [-0.05, 0) is 50.9 Å². The van der Waals surface area contributed by atoms with Crippen LogP contribution in [0.5, 0.6) is 5.75 Å². The molecule has 0 radical (unpaired) electrons. The van der Waals surface area contributed by atoms with Gasteiger partial charge in [0.2, 0.25) is 0 Å². The molecule has 1 aromatic rings. The predicted molar refractivity (Wildman–Crippen MR) is 125 cm³/mol. The first-order chi connectivity index (χ1) is 16.3. The number of ether oxygens (including phenoxy) is 2. The lowest BCUT2D eigenvalue weighted by molar-refractivity contribution is -0.408. The third-order valence-corrected chi connectivity index (χ3v) is 11.5. The van der Waals surface area contributed by atoms with E-state index in [4.69, 9.17) is 13.9 Å². The molecule has 1 aromatic heterocycles. The van der Waals surface area contributed by atoms with Gasteiger partial charge >= 0.3 is 5.63 Å². The lowest BCUT2D eigenvalue weighted by Gasteiger charge is -2.74. The Morgan fingerprint density at radius 1 is 1.06 bits per heavy atom. The molecule has 0 amide bonds. The summed E-state index contributed by atoms with van der Waals surface area (Å²) in [4.78, 5) is 12.9. The van der Waals surface area contributed by atoms with E-state index < -0.39 is 46.7 Å². The molecular formula is C27H38O8. The maximum Gasteiger partial charge on any atom is 0.342 e. The maximum atomic E-state index is 12.9. The summed E-state index contributed by atoms with van der Waals surface area (Å²) in [5.41, 5.74) is -1.96. The van der Waals surface area contributed by atoms with Crippen molar-refractivity contribution in [3.05, 3.63) is 27.3 Å². The Hall–Kier alpha value is -1.45. The number of aliphatic hydroxyl groups is 4. The lowest BCUT2D eigenvalue weighted by Crippen LogP contribution is -2.79. The van der Waals surface area contributed by atoms with Crippen molar-refractivity contribution in [2.24, 2.45) is 34.0 Å². The van der Waals surface area contributed by atoms with Gasteiger partial charge in [0.25, 0.3) is 0 Å². The standard InChI is InChI=1S/C27H38O8/c1-13-15(11-28)34-22(31)14-10-17-24(4)7-6-16-23(2,3)27(32)9-8-26(16,12-33-27)20(24)18(29)21(30)25(17,5)35-19(13)14/h16-18,20-21,28-30,32H,6-12H2,1-5H3/t16-,17-,18+,20-,21+,24-,25+,26+,27+/m0/s1. The third-order valence-electron chi connectivity index (χ3n) is 11.5. The van der Waals surface area contributed by atoms with Crippen molar-refractivity contribution in [3.8, 4) is 5.75 Å². The summed E-state index contributed by atoms with van der Waals surface area (Å²) in [6.45, 7) is 9.81. The molecule has 2 saturated heterocycles. The zero-order chi connectivity index (χ0) is 25.3. The highest BCUT2D eigenvalue weighted by atomic mass is 16.6. The van der Waals surface area contributed by atoms with Gasteiger partial charge in [-0.15, -0.1) is 0 Å². The average molecular weight is 491 g/mol. The number of rotatable bonds is 1. The van der Waals surface area contributed by atoms with E-state index >= 15 is 0 Å². The molecule has 5 fully saturated rings. The molecule has 2 bridgehead atoms. The fourth-order valence-corrected chi connectivity index (χ4v) is 9.61. The molecule has 8 nitrogen and oxygen atoms in total. The van der Waals surface area contributed by atoms with Gasteiger partial charge in [-0.1, -0.05) is 20.8 Å². The quantitative estimate of drug-likeness (QED) is 0.471. The van der Waals surface area contributed by atoms with E-state index in [1.54, 1.807) is 6.92 Å². The van der Waals surface area contributed by atoms with Crippen molar-refractivity contribution in [2.45, 2.75) is 96.9 Å². The highest BCUT2D eigenvalue weighted by Gasteiger charge is 2.76. The molecule has 9 atom stereocenters. The van der Waals surface area contributed by atoms with E-state index in [-0.39, 0.29) is 28.9 Å². The van der Waals surface area contributed by atoms with Crippen LogP contribution in [0.2, 0.25) is 0 Å². The number of hydrogen-bond donors (Lipinski definition) is 4. The first-order valence-electron chi connectivity index (χ1n) is 12.9. The van der Waals surface area contributed by atoms with Crippen molar-refractivity contribution in [1.82, 2.24) is 0 Å². The van der Waals surface area contributed by atoms with Crippen LogP contribution in [-0.2, 0) is 17.8 Å². The second-order valence-electron chi connectivity index (χ2n) is 13.0. The molecule has 3 aliphatic heterocycles.